The number of rotatable bonds is 2. The lowest BCUT2D eigenvalue weighted by atomic mass is 10.3. The summed E-state index contributed by atoms with van der Waals surface area (Å²) in [7, 11) is 0. The van der Waals surface area contributed by atoms with Crippen molar-refractivity contribution in [2.75, 3.05) is 36.0 Å². The molecule has 8 heteroatoms. The van der Waals surface area contributed by atoms with E-state index in [0.29, 0.717) is 5.65 Å². The third-order valence-corrected chi connectivity index (χ3v) is 5.41. The second-order valence-corrected chi connectivity index (χ2v) is 7.10. The van der Waals surface area contributed by atoms with Crippen molar-refractivity contribution in [3.8, 4) is 0 Å². The maximum absolute atomic E-state index is 12.4. The van der Waals surface area contributed by atoms with Gasteiger partial charge in [0.05, 0.1) is 11.4 Å². The zero-order valence-electron chi connectivity index (χ0n) is 15.9. The summed E-state index contributed by atoms with van der Waals surface area (Å²) < 4.78 is 3.47. The number of fused-ring (bicyclic) bond motifs is 2. The van der Waals surface area contributed by atoms with Gasteiger partial charge in [-0.05, 0) is 38.1 Å². The molecule has 142 valence electrons. The molecule has 5 rings (SSSR count). The highest BCUT2D eigenvalue weighted by Gasteiger charge is 2.21. The Labute approximate surface area is 161 Å². The number of hydrogen-bond donors (Lipinski definition) is 0. The molecule has 0 aliphatic carbocycles. The maximum atomic E-state index is 12.4. The highest BCUT2D eigenvalue weighted by Crippen LogP contribution is 2.19. The number of hydrogen-bond acceptors (Lipinski definition) is 6. The van der Waals surface area contributed by atoms with E-state index in [4.69, 9.17) is 5.10 Å². The van der Waals surface area contributed by atoms with E-state index in [1.54, 1.807) is 16.7 Å². The van der Waals surface area contributed by atoms with Gasteiger partial charge in [-0.1, -0.05) is 6.07 Å². The van der Waals surface area contributed by atoms with Crippen LogP contribution >= 0.6 is 0 Å². The molecule has 0 spiro atoms. The summed E-state index contributed by atoms with van der Waals surface area (Å²) in [6, 6.07) is 11.2. The Morgan fingerprint density at radius 3 is 2.39 bits per heavy atom. The zero-order valence-corrected chi connectivity index (χ0v) is 15.9. The fourth-order valence-corrected chi connectivity index (χ4v) is 3.68. The highest BCUT2D eigenvalue weighted by molar-refractivity contribution is 5.51. The van der Waals surface area contributed by atoms with E-state index in [2.05, 4.69) is 19.8 Å². The van der Waals surface area contributed by atoms with Crippen LogP contribution in [0.5, 0.6) is 0 Å². The first-order valence-corrected chi connectivity index (χ1v) is 9.41. The van der Waals surface area contributed by atoms with Crippen molar-refractivity contribution in [1.82, 2.24) is 24.0 Å². The van der Waals surface area contributed by atoms with Crippen molar-refractivity contribution in [3.05, 3.63) is 64.3 Å². The number of imidazole rings is 1. The highest BCUT2D eigenvalue weighted by atomic mass is 16.1. The van der Waals surface area contributed by atoms with Crippen LogP contribution < -0.4 is 15.4 Å². The molecule has 4 aromatic heterocycles. The number of nitrogens with zero attached hydrogens (tertiary/aromatic N) is 7. The van der Waals surface area contributed by atoms with Gasteiger partial charge in [-0.15, -0.1) is 5.10 Å². The molecule has 1 aliphatic heterocycles. The molecule has 1 aliphatic rings. The monoisotopic (exact) mass is 375 g/mol. The normalized spacial score (nSPS) is 14.9. The van der Waals surface area contributed by atoms with Crippen molar-refractivity contribution in [1.29, 1.82) is 0 Å². The summed E-state index contributed by atoms with van der Waals surface area (Å²) >= 11 is 0. The van der Waals surface area contributed by atoms with Gasteiger partial charge >= 0.3 is 0 Å². The minimum absolute atomic E-state index is 0.0545. The molecule has 1 saturated heterocycles. The molecular weight excluding hydrogens is 354 g/mol. The van der Waals surface area contributed by atoms with Gasteiger partial charge in [0.15, 0.2) is 5.65 Å². The van der Waals surface area contributed by atoms with Gasteiger partial charge in [0.25, 0.3) is 5.56 Å². The van der Waals surface area contributed by atoms with E-state index < -0.39 is 0 Å². The molecule has 4 aromatic rings. The Morgan fingerprint density at radius 2 is 1.61 bits per heavy atom. The summed E-state index contributed by atoms with van der Waals surface area (Å²) in [5, 5.41) is 4.76. The van der Waals surface area contributed by atoms with Gasteiger partial charge in [0, 0.05) is 38.4 Å². The van der Waals surface area contributed by atoms with Gasteiger partial charge in [0.1, 0.15) is 17.3 Å². The molecule has 0 bridgehead atoms. The molecule has 1 fully saturated rings. The largest absolute Gasteiger partial charge is 0.353 e. The Hall–Kier alpha value is -3.42. The number of anilines is 2. The van der Waals surface area contributed by atoms with Crippen LogP contribution in [0.1, 0.15) is 11.4 Å². The molecule has 0 radical (unpaired) electrons. The smallest absolute Gasteiger partial charge is 0.259 e. The fraction of sp³-hybridized carbons (Fsp3) is 0.300. The van der Waals surface area contributed by atoms with E-state index in [-0.39, 0.29) is 5.56 Å². The van der Waals surface area contributed by atoms with Crippen molar-refractivity contribution in [2.24, 2.45) is 0 Å². The van der Waals surface area contributed by atoms with Crippen LogP contribution in [0.2, 0.25) is 0 Å². The van der Waals surface area contributed by atoms with Crippen molar-refractivity contribution < 1.29 is 0 Å². The van der Waals surface area contributed by atoms with E-state index in [1.807, 2.05) is 48.7 Å². The zero-order chi connectivity index (χ0) is 19.3. The van der Waals surface area contributed by atoms with Crippen LogP contribution in [0.25, 0.3) is 11.3 Å². The van der Waals surface area contributed by atoms with Crippen molar-refractivity contribution >= 4 is 22.9 Å². The van der Waals surface area contributed by atoms with Gasteiger partial charge in [-0.2, -0.15) is 0 Å². The Balaban J connectivity index is 1.38. The quantitative estimate of drug-likeness (QED) is 0.531. The van der Waals surface area contributed by atoms with Gasteiger partial charge in [-0.25, -0.2) is 14.5 Å². The Bertz CT molecular complexity index is 1230. The first-order chi connectivity index (χ1) is 13.6. The Morgan fingerprint density at radius 1 is 0.857 bits per heavy atom. The van der Waals surface area contributed by atoms with Gasteiger partial charge in [-0.3, -0.25) is 9.20 Å². The summed E-state index contributed by atoms with van der Waals surface area (Å²) in [4.78, 5) is 26.0. The average molecular weight is 375 g/mol. The number of piperazine rings is 1. The van der Waals surface area contributed by atoms with Crippen molar-refractivity contribution in [3.63, 3.8) is 0 Å². The molecule has 5 heterocycles. The summed E-state index contributed by atoms with van der Waals surface area (Å²) in [6.45, 7) is 7.26. The molecule has 0 unspecified atom stereocenters. The third-order valence-electron chi connectivity index (χ3n) is 5.41. The average Bonchev–Trinajstić information content (AvgIpc) is 3.01. The standard InChI is InChI=1S/C20H21N7O/c1-14-15(2)27-17(21-14)6-7-18(23-27)24-9-11-25(12-10-24)19-13-20(28)26-8-4-3-5-16(26)22-19/h3-8,13H,9-12H2,1-2H3. The minimum Gasteiger partial charge on any atom is -0.353 e. The third kappa shape index (κ3) is 2.69. The van der Waals surface area contributed by atoms with E-state index >= 15 is 0 Å². The first kappa shape index (κ1) is 16.7. The van der Waals surface area contributed by atoms with Gasteiger partial charge < -0.3 is 9.80 Å². The lowest BCUT2D eigenvalue weighted by Gasteiger charge is -2.35. The second-order valence-electron chi connectivity index (χ2n) is 7.10. The van der Waals surface area contributed by atoms with E-state index in [0.717, 1.165) is 54.8 Å². The maximum Gasteiger partial charge on any atom is 0.259 e. The van der Waals surface area contributed by atoms with Crippen LogP contribution in [-0.4, -0.2) is 50.2 Å². The molecule has 0 aromatic carbocycles. The number of pyridine rings is 1. The van der Waals surface area contributed by atoms with E-state index in [1.165, 1.54) is 0 Å². The minimum atomic E-state index is -0.0545. The first-order valence-electron chi connectivity index (χ1n) is 9.41. The number of aryl methyl sites for hydroxylation is 2. The SMILES string of the molecule is Cc1nc2ccc(N3CCN(c4cc(=O)n5ccccc5n4)CC3)nn2c1C. The summed E-state index contributed by atoms with van der Waals surface area (Å²) in [5.74, 6) is 1.68. The van der Waals surface area contributed by atoms with Gasteiger partial charge in [0.2, 0.25) is 0 Å². The van der Waals surface area contributed by atoms with Crippen LogP contribution in [0.15, 0.2) is 47.4 Å². The summed E-state index contributed by atoms with van der Waals surface area (Å²) in [6.07, 6.45) is 1.74. The predicted molar refractivity (Wildman–Crippen MR) is 108 cm³/mol. The lowest BCUT2D eigenvalue weighted by molar-refractivity contribution is 0.635. The molecule has 8 nitrogen and oxygen atoms in total. The van der Waals surface area contributed by atoms with Crippen molar-refractivity contribution in [2.45, 2.75) is 13.8 Å². The van der Waals surface area contributed by atoms with Crippen LogP contribution in [0.4, 0.5) is 11.6 Å². The fourth-order valence-electron chi connectivity index (χ4n) is 3.68. The van der Waals surface area contributed by atoms with Crippen LogP contribution in [-0.2, 0) is 0 Å². The van der Waals surface area contributed by atoms with Crippen LogP contribution in [0.3, 0.4) is 0 Å². The molecular formula is C20H21N7O. The molecule has 0 saturated carbocycles. The topological polar surface area (TPSA) is 71.0 Å². The molecule has 28 heavy (non-hydrogen) atoms. The second kappa shape index (κ2) is 6.33. The molecule has 0 atom stereocenters. The molecule has 0 amide bonds. The lowest BCUT2D eigenvalue weighted by Crippen LogP contribution is -2.47. The summed E-state index contributed by atoms with van der Waals surface area (Å²) in [5.41, 5.74) is 3.56. The molecule has 0 N–H and O–H groups in total. The predicted octanol–water partition coefficient (Wildman–Crippen LogP) is 1.68. The Kier molecular flexibility index (Phi) is 3.78. The van der Waals surface area contributed by atoms with E-state index in [9.17, 15) is 4.79 Å². The number of aromatic nitrogens is 5. The van der Waals surface area contributed by atoms with Crippen LogP contribution in [0, 0.1) is 13.8 Å².